The molecular formula is C36H40BrN3O4S. The number of halogens is 1. The van der Waals surface area contributed by atoms with E-state index < -0.39 is 28.5 Å². The summed E-state index contributed by atoms with van der Waals surface area (Å²) in [5.74, 6) is -0.573. The van der Waals surface area contributed by atoms with Gasteiger partial charge in [-0.15, -0.1) is 0 Å². The van der Waals surface area contributed by atoms with Crippen molar-refractivity contribution in [1.29, 1.82) is 0 Å². The number of hydrogen-bond acceptors (Lipinski definition) is 4. The van der Waals surface area contributed by atoms with E-state index in [0.29, 0.717) is 16.7 Å². The zero-order chi connectivity index (χ0) is 32.6. The van der Waals surface area contributed by atoms with Gasteiger partial charge in [0.25, 0.3) is 10.0 Å². The molecule has 0 aliphatic heterocycles. The molecule has 1 atom stereocenters. The SMILES string of the molecule is Cc1ccc(S(=O)(=O)N(CC(=O)N(Cc2cccc(C)c2)[C@@H](Cc2ccccc2)C(=O)NCC(C)C)c2cccc(Br)c2)cc1. The Morgan fingerprint density at radius 2 is 1.47 bits per heavy atom. The highest BCUT2D eigenvalue weighted by Crippen LogP contribution is 2.27. The lowest BCUT2D eigenvalue weighted by Crippen LogP contribution is -2.53. The Hall–Kier alpha value is -3.95. The molecule has 0 radical (unpaired) electrons. The molecule has 0 aromatic heterocycles. The lowest BCUT2D eigenvalue weighted by molar-refractivity contribution is -0.140. The summed E-state index contributed by atoms with van der Waals surface area (Å²) in [4.78, 5) is 30.0. The fourth-order valence-electron chi connectivity index (χ4n) is 4.98. The van der Waals surface area contributed by atoms with E-state index in [-0.39, 0.29) is 29.7 Å². The smallest absolute Gasteiger partial charge is 0.264 e. The van der Waals surface area contributed by atoms with E-state index in [2.05, 4.69) is 21.2 Å². The molecule has 2 amide bonds. The van der Waals surface area contributed by atoms with E-state index in [1.54, 1.807) is 48.5 Å². The molecule has 0 unspecified atom stereocenters. The molecule has 0 aliphatic rings. The van der Waals surface area contributed by atoms with Gasteiger partial charge in [-0.1, -0.05) is 114 Å². The Bertz CT molecular complexity index is 1710. The highest BCUT2D eigenvalue weighted by atomic mass is 79.9. The zero-order valence-electron chi connectivity index (χ0n) is 26.1. The van der Waals surface area contributed by atoms with Gasteiger partial charge in [0.05, 0.1) is 10.6 Å². The van der Waals surface area contributed by atoms with Crippen molar-refractivity contribution < 1.29 is 18.0 Å². The van der Waals surface area contributed by atoms with Gasteiger partial charge < -0.3 is 10.2 Å². The van der Waals surface area contributed by atoms with Crippen molar-refractivity contribution in [1.82, 2.24) is 10.2 Å². The van der Waals surface area contributed by atoms with Crippen LogP contribution in [-0.2, 0) is 32.6 Å². The average molecular weight is 691 g/mol. The number of sulfonamides is 1. The molecule has 0 spiro atoms. The van der Waals surface area contributed by atoms with Crippen molar-refractivity contribution in [3.8, 4) is 0 Å². The Balaban J connectivity index is 1.80. The number of benzene rings is 4. The third kappa shape index (κ3) is 9.28. The number of anilines is 1. The van der Waals surface area contributed by atoms with Crippen LogP contribution < -0.4 is 9.62 Å². The highest BCUT2D eigenvalue weighted by molar-refractivity contribution is 9.10. The van der Waals surface area contributed by atoms with Crippen molar-refractivity contribution in [3.05, 3.63) is 130 Å². The molecule has 0 aliphatic carbocycles. The summed E-state index contributed by atoms with van der Waals surface area (Å²) in [6.07, 6.45) is 0.268. The van der Waals surface area contributed by atoms with Crippen molar-refractivity contribution in [2.24, 2.45) is 5.92 Å². The predicted octanol–water partition coefficient (Wildman–Crippen LogP) is 6.67. The number of hydrogen-bond donors (Lipinski definition) is 1. The van der Waals surface area contributed by atoms with Crippen molar-refractivity contribution in [2.75, 3.05) is 17.4 Å². The minimum Gasteiger partial charge on any atom is -0.354 e. The zero-order valence-corrected chi connectivity index (χ0v) is 28.5. The maximum atomic E-state index is 14.5. The van der Waals surface area contributed by atoms with Gasteiger partial charge in [0, 0.05) is 24.0 Å². The second kappa shape index (κ2) is 15.4. The summed E-state index contributed by atoms with van der Waals surface area (Å²) in [6.45, 7) is 7.94. The molecule has 0 fully saturated rings. The molecular weight excluding hydrogens is 650 g/mol. The first-order valence-corrected chi connectivity index (χ1v) is 17.2. The minimum atomic E-state index is -4.16. The van der Waals surface area contributed by atoms with Gasteiger partial charge >= 0.3 is 0 Å². The van der Waals surface area contributed by atoms with Crippen LogP contribution in [-0.4, -0.2) is 44.3 Å². The van der Waals surface area contributed by atoms with Crippen LogP contribution in [0, 0.1) is 19.8 Å². The molecule has 0 heterocycles. The molecule has 236 valence electrons. The van der Waals surface area contributed by atoms with Gasteiger partial charge in [-0.2, -0.15) is 0 Å². The fourth-order valence-corrected chi connectivity index (χ4v) is 6.77. The Kier molecular flexibility index (Phi) is 11.6. The number of rotatable bonds is 13. The fraction of sp³-hybridized carbons (Fsp3) is 0.278. The molecule has 9 heteroatoms. The van der Waals surface area contributed by atoms with E-state index >= 15 is 0 Å². The molecule has 4 aromatic rings. The quantitative estimate of drug-likeness (QED) is 0.170. The maximum absolute atomic E-state index is 14.5. The molecule has 4 aromatic carbocycles. The molecule has 1 N–H and O–H groups in total. The number of aryl methyl sites for hydroxylation is 2. The van der Waals surface area contributed by atoms with E-state index in [0.717, 1.165) is 26.6 Å². The summed E-state index contributed by atoms with van der Waals surface area (Å²) < 4.78 is 30.1. The van der Waals surface area contributed by atoms with Gasteiger partial charge in [0.15, 0.2) is 0 Å². The van der Waals surface area contributed by atoms with Crippen LogP contribution in [0.4, 0.5) is 5.69 Å². The molecule has 0 saturated carbocycles. The second-order valence-electron chi connectivity index (χ2n) is 11.7. The number of carbonyl (C=O) groups excluding carboxylic acids is 2. The van der Waals surface area contributed by atoms with E-state index in [1.165, 1.54) is 4.90 Å². The van der Waals surface area contributed by atoms with Gasteiger partial charge in [-0.25, -0.2) is 8.42 Å². The van der Waals surface area contributed by atoms with Crippen LogP contribution in [0.25, 0.3) is 0 Å². The Labute approximate surface area is 275 Å². The van der Waals surface area contributed by atoms with Crippen LogP contribution in [0.1, 0.15) is 36.1 Å². The van der Waals surface area contributed by atoms with Crippen molar-refractivity contribution in [3.63, 3.8) is 0 Å². The standard InChI is InChI=1S/C36H40BrN3O4S/c1-26(2)23-38-36(42)34(21-29-11-6-5-7-12-29)39(24-30-13-8-10-28(4)20-30)35(41)25-40(32-15-9-14-31(37)22-32)45(43,44)33-18-16-27(3)17-19-33/h5-20,22,26,34H,21,23-25H2,1-4H3,(H,38,42)/t34-/m0/s1. The van der Waals surface area contributed by atoms with Crippen molar-refractivity contribution >= 4 is 43.5 Å². The second-order valence-corrected chi connectivity index (χ2v) is 14.4. The normalized spacial score (nSPS) is 12.0. The van der Waals surface area contributed by atoms with E-state index in [4.69, 9.17) is 0 Å². The summed E-state index contributed by atoms with van der Waals surface area (Å²) in [5.41, 5.74) is 3.99. The average Bonchev–Trinajstić information content (AvgIpc) is 3.01. The molecule has 0 saturated heterocycles. The first-order valence-electron chi connectivity index (χ1n) is 15.0. The van der Waals surface area contributed by atoms with Crippen LogP contribution in [0.15, 0.2) is 112 Å². The van der Waals surface area contributed by atoms with Crippen LogP contribution in [0.3, 0.4) is 0 Å². The number of carbonyl (C=O) groups is 2. The Morgan fingerprint density at radius 3 is 2.11 bits per heavy atom. The molecule has 7 nitrogen and oxygen atoms in total. The van der Waals surface area contributed by atoms with Crippen LogP contribution in [0.2, 0.25) is 0 Å². The van der Waals surface area contributed by atoms with Gasteiger partial charge in [0.1, 0.15) is 12.6 Å². The molecule has 4 rings (SSSR count). The monoisotopic (exact) mass is 689 g/mol. The molecule has 0 bridgehead atoms. The van der Waals surface area contributed by atoms with Crippen LogP contribution in [0.5, 0.6) is 0 Å². The summed E-state index contributed by atoms with van der Waals surface area (Å²) >= 11 is 3.45. The van der Waals surface area contributed by atoms with Gasteiger partial charge in [-0.05, 0) is 61.2 Å². The summed E-state index contributed by atoms with van der Waals surface area (Å²) in [7, 11) is -4.16. The van der Waals surface area contributed by atoms with Crippen LogP contribution >= 0.6 is 15.9 Å². The third-order valence-corrected chi connectivity index (χ3v) is 9.66. The van der Waals surface area contributed by atoms with E-state index in [1.807, 2.05) is 82.3 Å². The lowest BCUT2D eigenvalue weighted by Gasteiger charge is -2.34. The van der Waals surface area contributed by atoms with Gasteiger partial charge in [-0.3, -0.25) is 13.9 Å². The Morgan fingerprint density at radius 1 is 0.800 bits per heavy atom. The summed E-state index contributed by atoms with van der Waals surface area (Å²) in [6, 6.07) is 29.8. The first kappa shape index (κ1) is 33.9. The van der Waals surface area contributed by atoms with Gasteiger partial charge in [0.2, 0.25) is 11.8 Å². The minimum absolute atomic E-state index is 0.0709. The number of amides is 2. The van der Waals surface area contributed by atoms with Crippen molar-refractivity contribution in [2.45, 2.75) is 51.6 Å². The van der Waals surface area contributed by atoms with E-state index in [9.17, 15) is 18.0 Å². The topological polar surface area (TPSA) is 86.8 Å². The lowest BCUT2D eigenvalue weighted by atomic mass is 10.0. The maximum Gasteiger partial charge on any atom is 0.264 e. The predicted molar refractivity (Wildman–Crippen MR) is 183 cm³/mol. The number of nitrogens with zero attached hydrogens (tertiary/aromatic N) is 2. The largest absolute Gasteiger partial charge is 0.354 e. The highest BCUT2D eigenvalue weighted by Gasteiger charge is 2.34. The number of nitrogens with one attached hydrogen (secondary N) is 1. The first-order chi connectivity index (χ1) is 21.4. The third-order valence-electron chi connectivity index (χ3n) is 7.38. The summed E-state index contributed by atoms with van der Waals surface area (Å²) in [5, 5.41) is 3.02. The molecule has 45 heavy (non-hydrogen) atoms.